The summed E-state index contributed by atoms with van der Waals surface area (Å²) < 4.78 is 5.44. The van der Waals surface area contributed by atoms with Crippen molar-refractivity contribution in [3.8, 4) is 0 Å². The number of alkyl carbamates (subject to hydrolysis) is 1. The molecule has 42 heavy (non-hydrogen) atoms. The number of carbonyl (C=O) groups is 4. The van der Waals surface area contributed by atoms with Gasteiger partial charge in [-0.1, -0.05) is 37.5 Å². The second-order valence-corrected chi connectivity index (χ2v) is 13.6. The molecule has 1 saturated carbocycles. The third kappa shape index (κ3) is 8.56. The van der Waals surface area contributed by atoms with E-state index < -0.39 is 29.1 Å². The summed E-state index contributed by atoms with van der Waals surface area (Å²) in [5, 5.41) is 17.3. The number of carboxylic acids is 1. The van der Waals surface area contributed by atoms with Crippen LogP contribution in [0.3, 0.4) is 0 Å². The number of likely N-dealkylation sites (tertiary alicyclic amines) is 1. The highest BCUT2D eigenvalue weighted by Gasteiger charge is 2.44. The molecule has 228 valence electrons. The van der Waals surface area contributed by atoms with Gasteiger partial charge in [0.1, 0.15) is 11.6 Å². The number of carbonyl (C=O) groups excluding carboxylic acids is 3. The van der Waals surface area contributed by atoms with Crippen molar-refractivity contribution >= 4 is 35.2 Å². The van der Waals surface area contributed by atoms with Crippen LogP contribution in [0.1, 0.15) is 86.5 Å². The number of nitrogens with zero attached hydrogens (tertiary/aromatic N) is 1. The van der Waals surface area contributed by atoms with E-state index in [4.69, 9.17) is 4.74 Å². The Kier molecular flexibility index (Phi) is 10.3. The number of hydrogen-bond donors (Lipinski definition) is 3. The molecular formula is C32H43N3O6S. The molecular weight excluding hydrogens is 554 g/mol. The summed E-state index contributed by atoms with van der Waals surface area (Å²) in [6.45, 7) is 6.09. The van der Waals surface area contributed by atoms with Gasteiger partial charge >= 0.3 is 12.1 Å². The minimum absolute atomic E-state index is 0.00539. The topological polar surface area (TPSA) is 125 Å². The number of amides is 3. The molecule has 2 aliphatic rings. The summed E-state index contributed by atoms with van der Waals surface area (Å²) in [6.07, 6.45) is 6.46. The van der Waals surface area contributed by atoms with E-state index in [0.29, 0.717) is 38.8 Å². The zero-order valence-corrected chi connectivity index (χ0v) is 25.6. The number of aromatic carboxylic acids is 1. The van der Waals surface area contributed by atoms with Gasteiger partial charge in [0.15, 0.2) is 0 Å². The maximum Gasteiger partial charge on any atom is 0.408 e. The van der Waals surface area contributed by atoms with Crippen molar-refractivity contribution in [2.75, 3.05) is 13.1 Å². The molecule has 1 aromatic carbocycles. The van der Waals surface area contributed by atoms with Crippen molar-refractivity contribution in [1.82, 2.24) is 15.5 Å². The summed E-state index contributed by atoms with van der Waals surface area (Å²) in [5.74, 6) is -1.18. The van der Waals surface area contributed by atoms with Gasteiger partial charge in [-0.05, 0) is 82.0 Å². The molecule has 10 heteroatoms. The van der Waals surface area contributed by atoms with Gasteiger partial charge in [-0.15, -0.1) is 11.3 Å². The van der Waals surface area contributed by atoms with Gasteiger partial charge in [0.2, 0.25) is 11.8 Å². The van der Waals surface area contributed by atoms with E-state index in [-0.39, 0.29) is 23.4 Å². The summed E-state index contributed by atoms with van der Waals surface area (Å²) in [5.41, 5.74) is -0.324. The van der Waals surface area contributed by atoms with Crippen molar-refractivity contribution in [1.29, 1.82) is 0 Å². The molecule has 1 unspecified atom stereocenters. The largest absolute Gasteiger partial charge is 0.478 e. The molecule has 3 N–H and O–H groups in total. The van der Waals surface area contributed by atoms with Crippen LogP contribution >= 0.6 is 11.3 Å². The smallest absolute Gasteiger partial charge is 0.408 e. The number of thiophene rings is 1. The first kappa shape index (κ1) is 31.5. The zero-order chi connectivity index (χ0) is 30.3. The second kappa shape index (κ2) is 13.7. The summed E-state index contributed by atoms with van der Waals surface area (Å²) in [7, 11) is 0. The second-order valence-electron chi connectivity index (χ2n) is 12.6. The van der Waals surface area contributed by atoms with E-state index in [9.17, 15) is 24.3 Å². The van der Waals surface area contributed by atoms with Gasteiger partial charge < -0.3 is 25.4 Å². The molecule has 0 spiro atoms. The Labute approximate surface area is 252 Å². The van der Waals surface area contributed by atoms with Crippen LogP contribution in [0.2, 0.25) is 0 Å². The molecule has 4 rings (SSSR count). The van der Waals surface area contributed by atoms with Gasteiger partial charge in [0.25, 0.3) is 0 Å². The van der Waals surface area contributed by atoms with Crippen molar-refractivity contribution in [2.45, 2.75) is 96.2 Å². The minimum Gasteiger partial charge on any atom is -0.478 e. The van der Waals surface area contributed by atoms with E-state index in [2.05, 4.69) is 10.6 Å². The molecule has 1 aliphatic carbocycles. The van der Waals surface area contributed by atoms with Crippen molar-refractivity contribution < 1.29 is 29.0 Å². The van der Waals surface area contributed by atoms with Crippen LogP contribution in [0.15, 0.2) is 41.8 Å². The third-order valence-electron chi connectivity index (χ3n) is 8.17. The van der Waals surface area contributed by atoms with Crippen molar-refractivity contribution in [3.05, 3.63) is 57.8 Å². The highest BCUT2D eigenvalue weighted by atomic mass is 32.1. The van der Waals surface area contributed by atoms with Crippen LogP contribution in [0, 0.1) is 5.41 Å². The quantitative estimate of drug-likeness (QED) is 0.366. The SMILES string of the molecule is CC(C)(C)OC(=O)NC(Cc1cccs1)C(=O)N1CCC(Cc2ccc(C(=O)O)cc2)(C(=O)NC2CCCCC2)CC1. The van der Waals surface area contributed by atoms with Gasteiger partial charge in [-0.2, -0.15) is 0 Å². The number of rotatable bonds is 9. The number of carboxylic acid groups (broad SMARTS) is 1. The molecule has 9 nitrogen and oxygen atoms in total. The Morgan fingerprint density at radius 3 is 2.29 bits per heavy atom. The average Bonchev–Trinajstić information content (AvgIpc) is 3.46. The Hall–Kier alpha value is -3.40. The summed E-state index contributed by atoms with van der Waals surface area (Å²) >= 11 is 1.53. The number of nitrogens with one attached hydrogen (secondary N) is 2. The van der Waals surface area contributed by atoms with E-state index in [1.165, 1.54) is 17.8 Å². The van der Waals surface area contributed by atoms with E-state index in [1.807, 2.05) is 17.5 Å². The Morgan fingerprint density at radius 2 is 1.71 bits per heavy atom. The Bertz CT molecular complexity index is 1220. The Balaban J connectivity index is 1.50. The first-order valence-electron chi connectivity index (χ1n) is 14.9. The molecule has 0 bridgehead atoms. The lowest BCUT2D eigenvalue weighted by Crippen LogP contribution is -2.56. The zero-order valence-electron chi connectivity index (χ0n) is 24.8. The van der Waals surface area contributed by atoms with Crippen LogP contribution in [0.5, 0.6) is 0 Å². The molecule has 2 heterocycles. The first-order valence-corrected chi connectivity index (χ1v) is 15.8. The Morgan fingerprint density at radius 1 is 1.05 bits per heavy atom. The standard InChI is InChI=1S/C32H43N3O6S/c1-31(2,3)41-30(40)34-26(20-25-10-7-19-42-25)27(36)35-17-15-32(16-18-35,29(39)33-24-8-5-4-6-9-24)21-22-11-13-23(14-12-22)28(37)38/h7,10-14,19,24,26H,4-6,8-9,15-18,20-21H2,1-3H3,(H,33,39)(H,34,40)(H,37,38). The molecule has 1 aliphatic heterocycles. The first-order chi connectivity index (χ1) is 19.9. The van der Waals surface area contributed by atoms with E-state index >= 15 is 0 Å². The highest BCUT2D eigenvalue weighted by Crippen LogP contribution is 2.37. The van der Waals surface area contributed by atoms with Crippen LogP contribution in [0.25, 0.3) is 0 Å². The number of benzene rings is 1. The number of piperidine rings is 1. The molecule has 2 fully saturated rings. The van der Waals surface area contributed by atoms with Gasteiger partial charge in [0, 0.05) is 30.4 Å². The fraction of sp³-hybridized carbons (Fsp3) is 0.562. The van der Waals surface area contributed by atoms with Gasteiger partial charge in [-0.3, -0.25) is 9.59 Å². The van der Waals surface area contributed by atoms with Crippen LogP contribution in [-0.4, -0.2) is 64.7 Å². The lowest BCUT2D eigenvalue weighted by Gasteiger charge is -2.42. The van der Waals surface area contributed by atoms with Crippen LogP contribution in [-0.2, 0) is 27.2 Å². The third-order valence-corrected chi connectivity index (χ3v) is 9.07. The molecule has 0 radical (unpaired) electrons. The van der Waals surface area contributed by atoms with Crippen LogP contribution < -0.4 is 10.6 Å². The summed E-state index contributed by atoms with van der Waals surface area (Å²) in [4.78, 5) is 54.4. The fourth-order valence-corrected chi connectivity index (χ4v) is 6.63. The average molecular weight is 598 g/mol. The van der Waals surface area contributed by atoms with E-state index in [1.54, 1.807) is 49.9 Å². The number of hydrogen-bond acceptors (Lipinski definition) is 6. The van der Waals surface area contributed by atoms with E-state index in [0.717, 1.165) is 36.1 Å². The lowest BCUT2D eigenvalue weighted by molar-refractivity contribution is -0.142. The van der Waals surface area contributed by atoms with Gasteiger partial charge in [0.05, 0.1) is 11.0 Å². The maximum absolute atomic E-state index is 13.9. The van der Waals surface area contributed by atoms with Crippen LogP contribution in [0.4, 0.5) is 4.79 Å². The maximum atomic E-state index is 13.9. The number of ether oxygens (including phenoxy) is 1. The molecule has 2 aromatic rings. The van der Waals surface area contributed by atoms with Crippen molar-refractivity contribution in [3.63, 3.8) is 0 Å². The molecule has 3 amide bonds. The normalized spacial score (nSPS) is 18.1. The lowest BCUT2D eigenvalue weighted by atomic mass is 9.72. The molecule has 1 aromatic heterocycles. The van der Waals surface area contributed by atoms with Gasteiger partial charge in [-0.25, -0.2) is 9.59 Å². The predicted octanol–water partition coefficient (Wildman–Crippen LogP) is 5.18. The summed E-state index contributed by atoms with van der Waals surface area (Å²) in [6, 6.07) is 9.92. The molecule has 1 atom stereocenters. The highest BCUT2D eigenvalue weighted by molar-refractivity contribution is 7.09. The van der Waals surface area contributed by atoms with Crippen molar-refractivity contribution in [2.24, 2.45) is 5.41 Å². The fourth-order valence-electron chi connectivity index (χ4n) is 5.88. The minimum atomic E-state index is -0.991. The monoisotopic (exact) mass is 597 g/mol. The predicted molar refractivity (Wildman–Crippen MR) is 162 cm³/mol. The molecule has 1 saturated heterocycles.